The lowest BCUT2D eigenvalue weighted by atomic mass is 9.70. The first kappa shape index (κ1) is 30.5. The molecule has 8 nitrogen and oxygen atoms in total. The summed E-state index contributed by atoms with van der Waals surface area (Å²) in [4.78, 5) is 38.6. The van der Waals surface area contributed by atoms with Crippen molar-refractivity contribution >= 4 is 17.8 Å². The van der Waals surface area contributed by atoms with Gasteiger partial charge in [-0.1, -0.05) is 13.3 Å². The summed E-state index contributed by atoms with van der Waals surface area (Å²) in [5.41, 5.74) is -2.00. The van der Waals surface area contributed by atoms with Gasteiger partial charge >= 0.3 is 12.1 Å². The molecule has 42 heavy (non-hydrogen) atoms. The molecule has 0 unspecified atom stereocenters. The first-order valence-electron chi connectivity index (χ1n) is 15.0. The lowest BCUT2D eigenvalue weighted by Gasteiger charge is -2.39. The molecular formula is C31H41F3N2O6. The quantitative estimate of drug-likeness (QED) is 0.344. The minimum absolute atomic E-state index is 0.0744. The number of methoxy groups -OCH3 is 1. The monoisotopic (exact) mass is 594 g/mol. The van der Waals surface area contributed by atoms with Crippen LogP contribution in [0.1, 0.15) is 94.0 Å². The molecule has 0 aliphatic heterocycles. The van der Waals surface area contributed by atoms with Crippen LogP contribution in [0.3, 0.4) is 0 Å². The highest BCUT2D eigenvalue weighted by Gasteiger charge is 2.52. The number of alkyl halides is 3. The van der Waals surface area contributed by atoms with E-state index in [4.69, 9.17) is 9.47 Å². The Labute approximate surface area is 244 Å². The van der Waals surface area contributed by atoms with Gasteiger partial charge in [-0.15, -0.1) is 0 Å². The van der Waals surface area contributed by atoms with Crippen LogP contribution in [0.4, 0.5) is 13.2 Å². The minimum atomic E-state index is -4.77. The van der Waals surface area contributed by atoms with Gasteiger partial charge in [-0.2, -0.15) is 13.2 Å². The average molecular weight is 595 g/mol. The summed E-state index contributed by atoms with van der Waals surface area (Å²) in [6.45, 7) is 4.38. The zero-order valence-corrected chi connectivity index (χ0v) is 24.4. The number of hydrogen-bond donors (Lipinski definition) is 3. The van der Waals surface area contributed by atoms with Gasteiger partial charge in [-0.25, -0.2) is 0 Å². The van der Waals surface area contributed by atoms with E-state index >= 15 is 0 Å². The fourth-order valence-electron chi connectivity index (χ4n) is 7.45. The molecule has 4 atom stereocenters. The van der Waals surface area contributed by atoms with Crippen LogP contribution in [0, 0.1) is 28.6 Å². The van der Waals surface area contributed by atoms with Gasteiger partial charge in [-0.3, -0.25) is 14.4 Å². The minimum Gasteiger partial charge on any atom is -0.496 e. The Morgan fingerprint density at radius 3 is 2.24 bits per heavy atom. The Kier molecular flexibility index (Phi) is 8.17. The second-order valence-electron chi connectivity index (χ2n) is 13.5. The highest BCUT2D eigenvalue weighted by atomic mass is 19.4. The van der Waals surface area contributed by atoms with Crippen LogP contribution >= 0.6 is 0 Å². The van der Waals surface area contributed by atoms with Crippen molar-refractivity contribution in [1.29, 1.82) is 0 Å². The van der Waals surface area contributed by atoms with E-state index in [-0.39, 0.29) is 60.2 Å². The molecule has 232 valence electrons. The number of carboxylic acids is 1. The highest BCUT2D eigenvalue weighted by Crippen LogP contribution is 2.49. The van der Waals surface area contributed by atoms with Crippen LogP contribution in [0.2, 0.25) is 0 Å². The molecule has 11 heteroatoms. The van der Waals surface area contributed by atoms with Crippen molar-refractivity contribution in [2.24, 2.45) is 28.6 Å². The lowest BCUT2D eigenvalue weighted by molar-refractivity contribution is -0.150. The number of carbonyl (C=O) groups is 3. The standard InChI is InChI=1S/C31H41F3N2O6/c1-29(9-4-10-29)16-35-27(38)24-17-5-6-18(13-17)25(24)36-26(37)20-14-23(21(31(32,33)34)15-22(20)41-3)42-19-7-11-30(2,12-8-19)28(39)40/h14-15,17-19,24-25H,4-13,16H2,1-3H3,(H,35,38)(H,36,37)(H,39,40)/t17-,18+,19?,24+,25-,30?/m1/s1. The maximum atomic E-state index is 14.1. The summed E-state index contributed by atoms with van der Waals surface area (Å²) in [6, 6.07) is 1.43. The van der Waals surface area contributed by atoms with Crippen molar-refractivity contribution in [3.8, 4) is 11.5 Å². The van der Waals surface area contributed by atoms with Gasteiger partial charge in [-0.05, 0) is 94.1 Å². The molecule has 0 heterocycles. The van der Waals surface area contributed by atoms with Gasteiger partial charge in [0.2, 0.25) is 5.91 Å². The summed E-state index contributed by atoms with van der Waals surface area (Å²) in [5.74, 6) is -2.47. The van der Waals surface area contributed by atoms with Crippen LogP contribution in [-0.2, 0) is 15.8 Å². The Morgan fingerprint density at radius 1 is 1.00 bits per heavy atom. The van der Waals surface area contributed by atoms with Gasteiger partial charge in [0.25, 0.3) is 5.91 Å². The molecule has 4 aliphatic carbocycles. The summed E-state index contributed by atoms with van der Waals surface area (Å²) in [7, 11) is 1.20. The largest absolute Gasteiger partial charge is 0.496 e. The molecule has 3 N–H and O–H groups in total. The molecular weight excluding hydrogens is 553 g/mol. The Balaban J connectivity index is 1.35. The van der Waals surface area contributed by atoms with E-state index in [0.29, 0.717) is 6.54 Å². The van der Waals surface area contributed by atoms with E-state index in [2.05, 4.69) is 17.6 Å². The summed E-state index contributed by atoms with van der Waals surface area (Å²) >= 11 is 0. The number of benzene rings is 1. The van der Waals surface area contributed by atoms with Gasteiger partial charge in [0.05, 0.1) is 30.1 Å². The Bertz CT molecular complexity index is 1220. The van der Waals surface area contributed by atoms with Crippen molar-refractivity contribution in [1.82, 2.24) is 10.6 Å². The maximum absolute atomic E-state index is 14.1. The number of nitrogens with one attached hydrogen (secondary N) is 2. The number of halogens is 3. The molecule has 0 saturated heterocycles. The SMILES string of the molecule is COc1cc(C(F)(F)F)c(OC2CCC(C)(C(=O)O)CC2)cc1C(=O)N[C@@H]1[C@H]2CC[C@H](C2)[C@@H]1C(=O)NCC1(C)CCC1. The normalized spacial score (nSPS) is 31.6. The number of carbonyl (C=O) groups excluding carboxylic acids is 2. The van der Waals surface area contributed by atoms with Gasteiger partial charge in [0.1, 0.15) is 17.1 Å². The number of rotatable bonds is 9. The molecule has 0 spiro atoms. The molecule has 2 bridgehead atoms. The van der Waals surface area contributed by atoms with Crippen LogP contribution in [0.15, 0.2) is 12.1 Å². The van der Waals surface area contributed by atoms with Crippen molar-refractivity contribution in [3.05, 3.63) is 23.3 Å². The first-order chi connectivity index (χ1) is 19.7. The third-order valence-electron chi connectivity index (χ3n) is 10.5. The highest BCUT2D eigenvalue weighted by molar-refractivity contribution is 5.98. The van der Waals surface area contributed by atoms with E-state index in [1.165, 1.54) is 7.11 Å². The molecule has 1 aromatic carbocycles. The van der Waals surface area contributed by atoms with E-state index in [1.807, 2.05) is 0 Å². The molecule has 4 aliphatic rings. The van der Waals surface area contributed by atoms with Gasteiger partial charge < -0.3 is 25.2 Å². The molecule has 2 amide bonds. The van der Waals surface area contributed by atoms with Crippen LogP contribution in [0.25, 0.3) is 0 Å². The fourth-order valence-corrected chi connectivity index (χ4v) is 7.45. The second kappa shape index (κ2) is 11.3. The number of ether oxygens (including phenoxy) is 2. The van der Waals surface area contributed by atoms with E-state index in [1.54, 1.807) is 6.92 Å². The topological polar surface area (TPSA) is 114 Å². The summed E-state index contributed by atoms with van der Waals surface area (Å²) in [6.07, 6.45) is 1.61. The zero-order valence-electron chi connectivity index (χ0n) is 24.4. The molecule has 1 aromatic rings. The van der Waals surface area contributed by atoms with E-state index in [9.17, 15) is 32.7 Å². The van der Waals surface area contributed by atoms with Crippen LogP contribution in [-0.4, -0.2) is 48.7 Å². The first-order valence-corrected chi connectivity index (χ1v) is 15.0. The van der Waals surface area contributed by atoms with Crippen molar-refractivity contribution in [2.75, 3.05) is 13.7 Å². The molecule has 0 aromatic heterocycles. The van der Waals surface area contributed by atoms with Crippen molar-refractivity contribution in [3.63, 3.8) is 0 Å². The van der Waals surface area contributed by atoms with Gasteiger partial charge in [0.15, 0.2) is 0 Å². The van der Waals surface area contributed by atoms with Gasteiger partial charge in [0, 0.05) is 12.6 Å². The Hall–Kier alpha value is -2.98. The third-order valence-corrected chi connectivity index (χ3v) is 10.5. The number of aliphatic carboxylic acids is 1. The fraction of sp³-hybridized carbons (Fsp3) is 0.710. The van der Waals surface area contributed by atoms with Crippen LogP contribution < -0.4 is 20.1 Å². The summed E-state index contributed by atoms with van der Waals surface area (Å²) < 4.78 is 53.3. The third kappa shape index (κ3) is 5.93. The smallest absolute Gasteiger partial charge is 0.420 e. The van der Waals surface area contributed by atoms with Crippen molar-refractivity contribution in [2.45, 2.75) is 96.4 Å². The zero-order chi connectivity index (χ0) is 30.4. The predicted molar refractivity (Wildman–Crippen MR) is 147 cm³/mol. The van der Waals surface area contributed by atoms with E-state index < -0.39 is 52.8 Å². The molecule has 5 rings (SSSR count). The predicted octanol–water partition coefficient (Wildman–Crippen LogP) is 5.58. The van der Waals surface area contributed by atoms with E-state index in [0.717, 1.165) is 50.7 Å². The molecule has 4 fully saturated rings. The Morgan fingerprint density at radius 2 is 1.67 bits per heavy atom. The molecule has 0 radical (unpaired) electrons. The lowest BCUT2D eigenvalue weighted by Crippen LogP contribution is -2.51. The summed E-state index contributed by atoms with van der Waals surface area (Å²) in [5, 5.41) is 15.6. The number of carboxylic acid groups (broad SMARTS) is 1. The van der Waals surface area contributed by atoms with Crippen molar-refractivity contribution < 1.29 is 42.1 Å². The van der Waals surface area contributed by atoms with Crippen LogP contribution in [0.5, 0.6) is 11.5 Å². The molecule has 4 saturated carbocycles. The average Bonchev–Trinajstić information content (AvgIpc) is 3.53. The number of fused-ring (bicyclic) bond motifs is 2. The number of hydrogen-bond acceptors (Lipinski definition) is 5. The second-order valence-corrected chi connectivity index (χ2v) is 13.5. The number of amides is 2. The maximum Gasteiger partial charge on any atom is 0.420 e.